The number of carbonyl (C=O) groups excluding carboxylic acids is 1. The van der Waals surface area contributed by atoms with Crippen molar-refractivity contribution >= 4 is 11.6 Å². The van der Waals surface area contributed by atoms with Gasteiger partial charge >= 0.3 is 0 Å². The first-order valence-electron chi connectivity index (χ1n) is 6.45. The van der Waals surface area contributed by atoms with Gasteiger partial charge in [0.25, 0.3) is 0 Å². The molecule has 4 heteroatoms. The number of anilines is 1. The van der Waals surface area contributed by atoms with Gasteiger partial charge in [-0.3, -0.25) is 4.79 Å². The van der Waals surface area contributed by atoms with Gasteiger partial charge in [0.05, 0.1) is 0 Å². The molecule has 0 heterocycles. The maximum atomic E-state index is 12.9. The Labute approximate surface area is 108 Å². The Morgan fingerprint density at radius 1 is 1.28 bits per heavy atom. The van der Waals surface area contributed by atoms with E-state index in [2.05, 4.69) is 6.92 Å². The highest BCUT2D eigenvalue weighted by Crippen LogP contribution is 2.17. The third kappa shape index (κ3) is 4.45. The van der Waals surface area contributed by atoms with Crippen LogP contribution in [0.1, 0.15) is 32.6 Å². The van der Waals surface area contributed by atoms with Gasteiger partial charge in [-0.05, 0) is 43.7 Å². The van der Waals surface area contributed by atoms with Gasteiger partial charge < -0.3 is 10.6 Å². The van der Waals surface area contributed by atoms with Crippen molar-refractivity contribution in [2.75, 3.05) is 18.0 Å². The van der Waals surface area contributed by atoms with Crippen molar-refractivity contribution in [2.24, 2.45) is 5.73 Å². The molecule has 0 aliphatic heterocycles. The number of rotatable bonds is 7. The van der Waals surface area contributed by atoms with Crippen molar-refractivity contribution in [2.45, 2.75) is 32.6 Å². The van der Waals surface area contributed by atoms with E-state index in [1.807, 2.05) is 0 Å². The zero-order valence-electron chi connectivity index (χ0n) is 10.9. The number of unbranched alkanes of at least 4 members (excludes halogenated alkanes) is 1. The van der Waals surface area contributed by atoms with Crippen molar-refractivity contribution < 1.29 is 9.18 Å². The molecular formula is C14H21FN2O. The lowest BCUT2D eigenvalue weighted by Gasteiger charge is -2.22. The monoisotopic (exact) mass is 252 g/mol. The van der Waals surface area contributed by atoms with Crippen LogP contribution in [0.25, 0.3) is 0 Å². The minimum Gasteiger partial charge on any atom is -0.330 e. The van der Waals surface area contributed by atoms with Crippen LogP contribution in [0, 0.1) is 5.82 Å². The lowest BCUT2D eigenvalue weighted by atomic mass is 10.2. The van der Waals surface area contributed by atoms with Crippen molar-refractivity contribution in [1.82, 2.24) is 0 Å². The normalized spacial score (nSPS) is 10.4. The quantitative estimate of drug-likeness (QED) is 0.811. The summed E-state index contributed by atoms with van der Waals surface area (Å²) in [6.07, 6.45) is 3.13. The van der Waals surface area contributed by atoms with Crippen LogP contribution in [0.4, 0.5) is 10.1 Å². The summed E-state index contributed by atoms with van der Waals surface area (Å²) < 4.78 is 12.9. The van der Waals surface area contributed by atoms with Crippen LogP contribution in [0.2, 0.25) is 0 Å². The van der Waals surface area contributed by atoms with Crippen LogP contribution in [0.5, 0.6) is 0 Å². The number of halogens is 1. The predicted molar refractivity (Wildman–Crippen MR) is 71.9 cm³/mol. The predicted octanol–water partition coefficient (Wildman–Crippen LogP) is 2.70. The second-order valence-electron chi connectivity index (χ2n) is 4.27. The van der Waals surface area contributed by atoms with Crippen molar-refractivity contribution in [1.29, 1.82) is 0 Å². The van der Waals surface area contributed by atoms with Crippen molar-refractivity contribution in [3.05, 3.63) is 30.1 Å². The first-order valence-corrected chi connectivity index (χ1v) is 6.45. The molecule has 0 bridgehead atoms. The molecule has 3 nitrogen and oxygen atoms in total. The molecule has 0 spiro atoms. The maximum Gasteiger partial charge on any atom is 0.226 e. The molecule has 18 heavy (non-hydrogen) atoms. The Morgan fingerprint density at radius 2 is 1.94 bits per heavy atom. The largest absolute Gasteiger partial charge is 0.330 e. The van der Waals surface area contributed by atoms with Gasteiger partial charge in [-0.1, -0.05) is 13.3 Å². The van der Waals surface area contributed by atoms with Crippen molar-refractivity contribution in [3.63, 3.8) is 0 Å². The van der Waals surface area contributed by atoms with Gasteiger partial charge in [0.1, 0.15) is 5.82 Å². The molecule has 1 rings (SSSR count). The van der Waals surface area contributed by atoms with E-state index in [4.69, 9.17) is 5.73 Å². The van der Waals surface area contributed by atoms with Crippen LogP contribution in [0.15, 0.2) is 24.3 Å². The van der Waals surface area contributed by atoms with E-state index in [0.717, 1.165) is 24.9 Å². The van der Waals surface area contributed by atoms with E-state index < -0.39 is 0 Å². The SMILES string of the molecule is CCCCC(=O)N(CCCN)c1ccc(F)cc1. The lowest BCUT2D eigenvalue weighted by Crippen LogP contribution is -2.32. The van der Waals surface area contributed by atoms with Crippen LogP contribution in [0.3, 0.4) is 0 Å². The second kappa shape index (κ2) is 7.82. The van der Waals surface area contributed by atoms with Crippen LogP contribution in [-0.4, -0.2) is 19.0 Å². The molecule has 0 aliphatic carbocycles. The number of amides is 1. The number of nitrogens with zero attached hydrogens (tertiary/aromatic N) is 1. The van der Waals surface area contributed by atoms with E-state index in [0.29, 0.717) is 19.5 Å². The summed E-state index contributed by atoms with van der Waals surface area (Å²) in [5.41, 5.74) is 6.22. The first-order chi connectivity index (χ1) is 8.69. The number of hydrogen-bond donors (Lipinski definition) is 1. The third-order valence-corrected chi connectivity index (χ3v) is 2.77. The molecule has 2 N–H and O–H groups in total. The average molecular weight is 252 g/mol. The fraction of sp³-hybridized carbons (Fsp3) is 0.500. The van der Waals surface area contributed by atoms with E-state index >= 15 is 0 Å². The summed E-state index contributed by atoms with van der Waals surface area (Å²) in [4.78, 5) is 13.8. The maximum absolute atomic E-state index is 12.9. The summed E-state index contributed by atoms with van der Waals surface area (Å²) in [5, 5.41) is 0. The van der Waals surface area contributed by atoms with Crippen LogP contribution < -0.4 is 10.6 Å². The molecule has 0 radical (unpaired) electrons. The standard InChI is InChI=1S/C14H21FN2O/c1-2-3-5-14(18)17(11-4-10-16)13-8-6-12(15)7-9-13/h6-9H,2-5,10-11,16H2,1H3. The minimum atomic E-state index is -0.293. The summed E-state index contributed by atoms with van der Waals surface area (Å²) in [5.74, 6) is -0.213. The van der Waals surface area contributed by atoms with Crippen molar-refractivity contribution in [3.8, 4) is 0 Å². The molecule has 1 amide bonds. The van der Waals surface area contributed by atoms with Crippen LogP contribution in [-0.2, 0) is 4.79 Å². The average Bonchev–Trinajstić information content (AvgIpc) is 2.38. The fourth-order valence-electron chi connectivity index (χ4n) is 1.73. The Hall–Kier alpha value is -1.42. The Morgan fingerprint density at radius 3 is 2.50 bits per heavy atom. The molecule has 1 aromatic rings. The second-order valence-corrected chi connectivity index (χ2v) is 4.27. The minimum absolute atomic E-state index is 0.0805. The van der Waals surface area contributed by atoms with Gasteiger partial charge in [-0.25, -0.2) is 4.39 Å². The van der Waals surface area contributed by atoms with E-state index in [-0.39, 0.29) is 11.7 Å². The highest BCUT2D eigenvalue weighted by Gasteiger charge is 2.14. The number of benzene rings is 1. The molecule has 1 aromatic carbocycles. The number of carbonyl (C=O) groups is 1. The summed E-state index contributed by atoms with van der Waals surface area (Å²) in [6.45, 7) is 3.18. The molecular weight excluding hydrogens is 231 g/mol. The molecule has 0 fully saturated rings. The molecule has 0 saturated carbocycles. The zero-order chi connectivity index (χ0) is 13.4. The fourth-order valence-corrected chi connectivity index (χ4v) is 1.73. The van der Waals surface area contributed by atoms with E-state index in [9.17, 15) is 9.18 Å². The van der Waals surface area contributed by atoms with E-state index in [1.54, 1.807) is 17.0 Å². The van der Waals surface area contributed by atoms with Crippen LogP contribution >= 0.6 is 0 Å². The Kier molecular flexibility index (Phi) is 6.36. The Bertz CT molecular complexity index is 365. The first kappa shape index (κ1) is 14.6. The molecule has 0 unspecified atom stereocenters. The Balaban J connectivity index is 2.76. The number of nitrogens with two attached hydrogens (primary N) is 1. The zero-order valence-corrected chi connectivity index (χ0v) is 10.9. The summed E-state index contributed by atoms with van der Waals surface area (Å²) in [7, 11) is 0. The van der Waals surface area contributed by atoms with Gasteiger partial charge in [-0.2, -0.15) is 0 Å². The summed E-state index contributed by atoms with van der Waals surface area (Å²) >= 11 is 0. The van der Waals surface area contributed by atoms with E-state index in [1.165, 1.54) is 12.1 Å². The summed E-state index contributed by atoms with van der Waals surface area (Å²) in [6, 6.07) is 6.02. The lowest BCUT2D eigenvalue weighted by molar-refractivity contribution is -0.118. The molecule has 0 atom stereocenters. The highest BCUT2D eigenvalue weighted by atomic mass is 19.1. The molecule has 100 valence electrons. The smallest absolute Gasteiger partial charge is 0.226 e. The van der Waals surface area contributed by atoms with Gasteiger partial charge in [0.15, 0.2) is 0 Å². The molecule has 0 aliphatic rings. The highest BCUT2D eigenvalue weighted by molar-refractivity contribution is 5.93. The molecule has 0 saturated heterocycles. The molecule has 0 aromatic heterocycles. The van der Waals surface area contributed by atoms with Gasteiger partial charge in [0.2, 0.25) is 5.91 Å². The number of hydrogen-bond acceptors (Lipinski definition) is 2. The third-order valence-electron chi connectivity index (χ3n) is 2.77. The van der Waals surface area contributed by atoms with Gasteiger partial charge in [0, 0.05) is 18.7 Å². The topological polar surface area (TPSA) is 46.3 Å². The van der Waals surface area contributed by atoms with Gasteiger partial charge in [-0.15, -0.1) is 0 Å².